The van der Waals surface area contributed by atoms with Gasteiger partial charge in [-0.1, -0.05) is 37.3 Å². The van der Waals surface area contributed by atoms with E-state index in [4.69, 9.17) is 4.42 Å². The molecule has 1 aromatic carbocycles. The molecule has 6 nitrogen and oxygen atoms in total. The monoisotopic (exact) mass is 512 g/mol. The number of guanidine groups is 1. The van der Waals surface area contributed by atoms with Gasteiger partial charge in [-0.05, 0) is 31.0 Å². The van der Waals surface area contributed by atoms with Crippen molar-refractivity contribution >= 4 is 29.9 Å². The van der Waals surface area contributed by atoms with Crippen molar-refractivity contribution in [3.8, 4) is 0 Å². The van der Waals surface area contributed by atoms with E-state index in [0.717, 1.165) is 45.1 Å². The van der Waals surface area contributed by atoms with Crippen molar-refractivity contribution in [3.05, 3.63) is 60.1 Å². The van der Waals surface area contributed by atoms with Crippen molar-refractivity contribution in [2.24, 2.45) is 4.99 Å². The van der Waals surface area contributed by atoms with Crippen molar-refractivity contribution in [2.75, 3.05) is 39.3 Å². The number of furan rings is 1. The van der Waals surface area contributed by atoms with Crippen molar-refractivity contribution in [1.82, 2.24) is 15.1 Å². The number of nitrogens with one attached hydrogen (secondary N) is 1. The highest BCUT2D eigenvalue weighted by atomic mass is 127. The minimum absolute atomic E-state index is 0. The number of aliphatic imine (C=N–C) groups is 1. The Hall–Kier alpha value is -1.58. The molecule has 2 N–H and O–H groups in total. The second kappa shape index (κ2) is 12.2. The van der Waals surface area contributed by atoms with Crippen molar-refractivity contribution in [1.29, 1.82) is 0 Å². The first kappa shape index (κ1) is 23.7. The molecule has 1 aliphatic rings. The van der Waals surface area contributed by atoms with Gasteiger partial charge in [0.15, 0.2) is 5.96 Å². The van der Waals surface area contributed by atoms with Crippen LogP contribution in [0.3, 0.4) is 0 Å². The highest BCUT2D eigenvalue weighted by molar-refractivity contribution is 14.0. The number of halogens is 1. The Morgan fingerprint density at radius 1 is 1.10 bits per heavy atom. The summed E-state index contributed by atoms with van der Waals surface area (Å²) in [4.78, 5) is 9.49. The van der Waals surface area contributed by atoms with Crippen LogP contribution in [0.15, 0.2) is 58.1 Å². The Kier molecular flexibility index (Phi) is 9.96. The number of hydrogen-bond donors (Lipinski definition) is 2. The van der Waals surface area contributed by atoms with Crippen LogP contribution >= 0.6 is 24.0 Å². The lowest BCUT2D eigenvalue weighted by Gasteiger charge is -2.40. The number of piperazine rings is 1. The Morgan fingerprint density at radius 3 is 2.41 bits per heavy atom. The maximum absolute atomic E-state index is 10.2. The van der Waals surface area contributed by atoms with E-state index in [9.17, 15) is 5.11 Å². The number of rotatable bonds is 7. The zero-order valence-electron chi connectivity index (χ0n) is 17.3. The van der Waals surface area contributed by atoms with E-state index in [-0.39, 0.29) is 30.5 Å². The molecule has 2 aromatic rings. The van der Waals surface area contributed by atoms with Gasteiger partial charge in [-0.25, -0.2) is 4.99 Å². The summed E-state index contributed by atoms with van der Waals surface area (Å²) in [7, 11) is 0. The maximum Gasteiger partial charge on any atom is 0.194 e. The quantitative estimate of drug-likeness (QED) is 0.337. The highest BCUT2D eigenvalue weighted by Gasteiger charge is 2.25. The summed E-state index contributed by atoms with van der Waals surface area (Å²) in [5.74, 6) is 1.42. The van der Waals surface area contributed by atoms with Gasteiger partial charge in [-0.15, -0.1) is 24.0 Å². The predicted octanol–water partition coefficient (Wildman–Crippen LogP) is 3.67. The Bertz CT molecular complexity index is 716. The zero-order valence-corrected chi connectivity index (χ0v) is 19.7. The largest absolute Gasteiger partial charge is 0.467 e. The Balaban J connectivity index is 0.00000300. The summed E-state index contributed by atoms with van der Waals surface area (Å²) >= 11 is 0. The van der Waals surface area contributed by atoms with E-state index >= 15 is 0 Å². The molecule has 2 heterocycles. The van der Waals surface area contributed by atoms with Gasteiger partial charge in [-0.2, -0.15) is 0 Å². The van der Waals surface area contributed by atoms with E-state index in [2.05, 4.69) is 64.3 Å². The molecule has 0 saturated carbocycles. The van der Waals surface area contributed by atoms with Crippen LogP contribution in [0.5, 0.6) is 0 Å². The molecule has 1 fully saturated rings. The first-order valence-electron chi connectivity index (χ1n) is 10.3. The van der Waals surface area contributed by atoms with Crippen LogP contribution in [0.4, 0.5) is 0 Å². The van der Waals surface area contributed by atoms with Gasteiger partial charge >= 0.3 is 0 Å². The molecule has 0 spiro atoms. The van der Waals surface area contributed by atoms with Crippen LogP contribution in [-0.4, -0.2) is 60.1 Å². The lowest BCUT2D eigenvalue weighted by molar-refractivity contribution is 0.126. The van der Waals surface area contributed by atoms with Crippen LogP contribution in [-0.2, 0) is 0 Å². The normalized spacial score (nSPS) is 17.5. The molecule has 160 valence electrons. The van der Waals surface area contributed by atoms with Gasteiger partial charge in [-0.3, -0.25) is 4.90 Å². The van der Waals surface area contributed by atoms with Gasteiger partial charge in [0.25, 0.3) is 0 Å². The maximum atomic E-state index is 10.2. The van der Waals surface area contributed by atoms with Crippen LogP contribution in [0, 0.1) is 0 Å². The summed E-state index contributed by atoms with van der Waals surface area (Å²) < 4.78 is 5.27. The fourth-order valence-corrected chi connectivity index (χ4v) is 3.79. The van der Waals surface area contributed by atoms with E-state index in [1.807, 2.05) is 0 Å². The van der Waals surface area contributed by atoms with Gasteiger partial charge in [0.05, 0.1) is 12.8 Å². The lowest BCUT2D eigenvalue weighted by Crippen LogP contribution is -2.53. The first-order valence-corrected chi connectivity index (χ1v) is 10.3. The number of hydrogen-bond acceptors (Lipinski definition) is 4. The summed E-state index contributed by atoms with van der Waals surface area (Å²) in [6, 6.07) is 14.8. The van der Waals surface area contributed by atoms with E-state index in [0.29, 0.717) is 11.8 Å². The summed E-state index contributed by atoms with van der Waals surface area (Å²) in [6.45, 7) is 9.26. The third kappa shape index (κ3) is 6.45. The summed E-state index contributed by atoms with van der Waals surface area (Å²) in [5.41, 5.74) is 1.39. The number of aliphatic hydroxyl groups is 1. The second-order valence-corrected chi connectivity index (χ2v) is 7.08. The molecule has 7 heteroatoms. The average Bonchev–Trinajstić information content (AvgIpc) is 3.28. The summed E-state index contributed by atoms with van der Waals surface area (Å²) in [6.07, 6.45) is 1.96. The van der Waals surface area contributed by atoms with Gasteiger partial charge in [0.1, 0.15) is 11.9 Å². The average molecular weight is 512 g/mol. The number of nitrogens with zero attached hydrogens (tertiary/aromatic N) is 3. The molecule has 1 saturated heterocycles. The van der Waals surface area contributed by atoms with Gasteiger partial charge < -0.3 is 19.7 Å². The molecular weight excluding hydrogens is 479 g/mol. The Labute approximate surface area is 191 Å². The fraction of sp³-hybridized carbons (Fsp3) is 0.500. The first-order chi connectivity index (χ1) is 13.7. The van der Waals surface area contributed by atoms with Crippen molar-refractivity contribution in [2.45, 2.75) is 32.4 Å². The molecule has 0 amide bonds. The van der Waals surface area contributed by atoms with Gasteiger partial charge in [0.2, 0.25) is 0 Å². The molecule has 1 aromatic heterocycles. The minimum atomic E-state index is -0.715. The fourth-order valence-electron chi connectivity index (χ4n) is 3.79. The number of benzene rings is 1. The lowest BCUT2D eigenvalue weighted by atomic mass is 10.0. The Morgan fingerprint density at radius 2 is 1.83 bits per heavy atom. The highest BCUT2D eigenvalue weighted by Crippen LogP contribution is 2.25. The molecular formula is C22H33IN4O2. The van der Waals surface area contributed by atoms with Crippen molar-refractivity contribution in [3.63, 3.8) is 0 Å². The van der Waals surface area contributed by atoms with E-state index < -0.39 is 6.10 Å². The molecule has 2 unspecified atom stereocenters. The summed E-state index contributed by atoms with van der Waals surface area (Å²) in [5, 5.41) is 13.6. The van der Waals surface area contributed by atoms with Crippen LogP contribution in [0.25, 0.3) is 0 Å². The molecule has 29 heavy (non-hydrogen) atoms. The predicted molar refractivity (Wildman–Crippen MR) is 128 cm³/mol. The topological polar surface area (TPSA) is 64.2 Å². The van der Waals surface area contributed by atoms with E-state index in [1.165, 1.54) is 5.56 Å². The number of aliphatic hydroxyl groups excluding tert-OH is 1. The second-order valence-electron chi connectivity index (χ2n) is 7.08. The zero-order chi connectivity index (χ0) is 19.8. The van der Waals surface area contributed by atoms with Crippen molar-refractivity contribution < 1.29 is 9.52 Å². The molecule has 1 aliphatic heterocycles. The molecule has 0 aliphatic carbocycles. The standard InChI is InChI=1S/C22H32N4O2.HI/c1-3-19(18-9-6-5-7-10-18)25-12-14-26(15-13-25)22(23-4-2)24-17-20(27)21-11-8-16-28-21;/h5-11,16,19-20,27H,3-4,12-15,17H2,1-2H3,(H,23,24);1H. The SMILES string of the molecule is CCNC(=NCC(O)c1ccco1)N1CCN(C(CC)c2ccccc2)CC1.I. The van der Waals surface area contributed by atoms with Crippen LogP contribution in [0.1, 0.15) is 43.7 Å². The molecule has 0 radical (unpaired) electrons. The third-order valence-corrected chi connectivity index (χ3v) is 5.25. The smallest absolute Gasteiger partial charge is 0.194 e. The van der Waals surface area contributed by atoms with Gasteiger partial charge in [0, 0.05) is 38.8 Å². The molecule has 3 rings (SSSR count). The minimum Gasteiger partial charge on any atom is -0.467 e. The van der Waals surface area contributed by atoms with E-state index in [1.54, 1.807) is 18.4 Å². The van der Waals surface area contributed by atoms with Crippen LogP contribution in [0.2, 0.25) is 0 Å². The van der Waals surface area contributed by atoms with Crippen LogP contribution < -0.4 is 5.32 Å². The molecule has 0 bridgehead atoms. The molecule has 2 atom stereocenters. The third-order valence-electron chi connectivity index (χ3n) is 5.25.